The van der Waals surface area contributed by atoms with Crippen molar-refractivity contribution in [2.75, 3.05) is 6.54 Å². The number of hydrogen-bond donors (Lipinski definition) is 2. The number of H-pyrrole nitrogens is 1. The van der Waals surface area contributed by atoms with Crippen LogP contribution in [0.25, 0.3) is 22.9 Å². The maximum atomic E-state index is 6.06. The molecule has 2 N–H and O–H groups in total. The first-order valence-electron chi connectivity index (χ1n) is 10.2. The van der Waals surface area contributed by atoms with E-state index in [1.165, 1.54) is 5.56 Å². The average Bonchev–Trinajstić information content (AvgIpc) is 3.26. The molecule has 150 valence electrons. The lowest BCUT2D eigenvalue weighted by Crippen LogP contribution is -2.32. The summed E-state index contributed by atoms with van der Waals surface area (Å²) in [5.41, 5.74) is 4.25. The first-order valence-corrected chi connectivity index (χ1v) is 10.6. The Morgan fingerprint density at radius 1 is 0.867 bits per heavy atom. The quantitative estimate of drug-likeness (QED) is 0.468. The van der Waals surface area contributed by atoms with Gasteiger partial charge in [-0.15, -0.1) is 0 Å². The minimum Gasteiger partial charge on any atom is -0.341 e. The van der Waals surface area contributed by atoms with E-state index < -0.39 is 0 Å². The summed E-state index contributed by atoms with van der Waals surface area (Å²) in [7, 11) is 0. The van der Waals surface area contributed by atoms with Crippen LogP contribution in [0.3, 0.4) is 0 Å². The van der Waals surface area contributed by atoms with Crippen molar-refractivity contribution >= 4 is 11.6 Å². The van der Waals surface area contributed by atoms with Crippen LogP contribution in [0.2, 0.25) is 5.02 Å². The number of rotatable bonds is 4. The normalized spacial score (nSPS) is 19.0. The number of aromatic nitrogens is 4. The fraction of sp³-hybridized carbons (Fsp3) is 0.208. The van der Waals surface area contributed by atoms with E-state index in [0.29, 0.717) is 22.8 Å². The maximum Gasteiger partial charge on any atom is 0.180 e. The molecular formula is C24H22ClN5. The van der Waals surface area contributed by atoms with E-state index >= 15 is 0 Å². The van der Waals surface area contributed by atoms with Crippen molar-refractivity contribution in [1.82, 2.24) is 25.3 Å². The fourth-order valence-electron chi connectivity index (χ4n) is 4.09. The zero-order valence-corrected chi connectivity index (χ0v) is 17.2. The van der Waals surface area contributed by atoms with Crippen LogP contribution in [-0.2, 0) is 0 Å². The molecule has 0 radical (unpaired) electrons. The second-order valence-corrected chi connectivity index (χ2v) is 8.01. The van der Waals surface area contributed by atoms with Crippen LogP contribution in [0.15, 0.2) is 73.1 Å². The summed E-state index contributed by atoms with van der Waals surface area (Å²) in [6, 6.07) is 20.6. The zero-order valence-electron chi connectivity index (χ0n) is 16.4. The summed E-state index contributed by atoms with van der Waals surface area (Å²) < 4.78 is 0. The summed E-state index contributed by atoms with van der Waals surface area (Å²) in [6.45, 7) is 0.877. The molecule has 6 heteroatoms. The number of nitrogens with zero attached hydrogens (tertiary/aromatic N) is 3. The van der Waals surface area contributed by atoms with Crippen LogP contribution in [0.4, 0.5) is 0 Å². The van der Waals surface area contributed by atoms with Gasteiger partial charge >= 0.3 is 0 Å². The standard InChI is InChI=1S/C24H22ClN5/c25-19-10-7-17(8-11-19)23-29-21(22(30-23)24-26-13-4-14-27-24)18-9-12-20(28-15-18)16-5-2-1-3-6-16/h1-8,10-11,13-14,18,20,28H,9,12,15H2,(H,29,30)/t18-,20+/m1/s1. The third-order valence-corrected chi connectivity index (χ3v) is 5.90. The van der Waals surface area contributed by atoms with E-state index in [9.17, 15) is 0 Å². The van der Waals surface area contributed by atoms with Crippen molar-refractivity contribution in [2.45, 2.75) is 24.8 Å². The van der Waals surface area contributed by atoms with Crippen LogP contribution < -0.4 is 5.32 Å². The SMILES string of the molecule is Clc1ccc(-c2nc(-c3ncccn3)c([C@@H]3CC[C@@H](c4ccccc4)NC3)[nH]2)cc1. The van der Waals surface area contributed by atoms with E-state index in [1.807, 2.05) is 30.3 Å². The van der Waals surface area contributed by atoms with Crippen molar-refractivity contribution in [2.24, 2.45) is 0 Å². The first-order chi connectivity index (χ1) is 14.8. The molecule has 2 aromatic heterocycles. The third-order valence-electron chi connectivity index (χ3n) is 5.65. The van der Waals surface area contributed by atoms with E-state index in [1.54, 1.807) is 12.4 Å². The molecule has 1 aliphatic heterocycles. The smallest absolute Gasteiger partial charge is 0.180 e. The number of benzene rings is 2. The van der Waals surface area contributed by atoms with Gasteiger partial charge < -0.3 is 10.3 Å². The summed E-state index contributed by atoms with van der Waals surface area (Å²) in [5.74, 6) is 1.78. The predicted octanol–water partition coefficient (Wildman–Crippen LogP) is 5.40. The van der Waals surface area contributed by atoms with E-state index in [-0.39, 0.29) is 0 Å². The van der Waals surface area contributed by atoms with Gasteiger partial charge in [-0.1, -0.05) is 41.9 Å². The summed E-state index contributed by atoms with van der Waals surface area (Å²) in [6.07, 6.45) is 5.65. The number of piperidine rings is 1. The molecule has 4 aromatic rings. The Morgan fingerprint density at radius 3 is 2.33 bits per heavy atom. The molecule has 0 amide bonds. The van der Waals surface area contributed by atoms with Crippen molar-refractivity contribution in [3.63, 3.8) is 0 Å². The summed E-state index contributed by atoms with van der Waals surface area (Å²) in [4.78, 5) is 17.4. The van der Waals surface area contributed by atoms with Crippen LogP contribution >= 0.6 is 11.6 Å². The highest BCUT2D eigenvalue weighted by molar-refractivity contribution is 6.30. The Morgan fingerprint density at radius 2 is 1.63 bits per heavy atom. The number of halogens is 1. The van der Waals surface area contributed by atoms with Gasteiger partial charge in [0.05, 0.1) is 5.69 Å². The van der Waals surface area contributed by atoms with Crippen LogP contribution in [-0.4, -0.2) is 26.5 Å². The highest BCUT2D eigenvalue weighted by Gasteiger charge is 2.28. The van der Waals surface area contributed by atoms with Crippen molar-refractivity contribution < 1.29 is 0 Å². The van der Waals surface area contributed by atoms with Gasteiger partial charge in [0, 0.05) is 41.5 Å². The second-order valence-electron chi connectivity index (χ2n) is 7.57. The van der Waals surface area contributed by atoms with Crippen molar-refractivity contribution in [1.29, 1.82) is 0 Å². The molecule has 0 aliphatic carbocycles. The molecule has 0 spiro atoms. The molecule has 0 bridgehead atoms. The molecule has 3 heterocycles. The molecule has 5 nitrogen and oxygen atoms in total. The molecule has 1 aliphatic rings. The van der Waals surface area contributed by atoms with Crippen LogP contribution in [0.5, 0.6) is 0 Å². The van der Waals surface area contributed by atoms with Gasteiger partial charge in [-0.2, -0.15) is 0 Å². The fourth-order valence-corrected chi connectivity index (χ4v) is 4.22. The number of hydrogen-bond acceptors (Lipinski definition) is 4. The van der Waals surface area contributed by atoms with Crippen LogP contribution in [0.1, 0.15) is 36.1 Å². The monoisotopic (exact) mass is 415 g/mol. The zero-order chi connectivity index (χ0) is 20.3. The lowest BCUT2D eigenvalue weighted by molar-refractivity contribution is 0.370. The minimum absolute atomic E-state index is 0.317. The van der Waals surface area contributed by atoms with Crippen LogP contribution in [0, 0.1) is 0 Å². The number of aromatic amines is 1. The molecule has 30 heavy (non-hydrogen) atoms. The van der Waals surface area contributed by atoms with Gasteiger partial charge in [0.2, 0.25) is 0 Å². The summed E-state index contributed by atoms with van der Waals surface area (Å²) in [5, 5.41) is 4.42. The molecule has 1 saturated heterocycles. The number of imidazole rings is 1. The predicted molar refractivity (Wildman–Crippen MR) is 119 cm³/mol. The van der Waals surface area contributed by atoms with Gasteiger partial charge in [0.15, 0.2) is 5.82 Å². The third kappa shape index (κ3) is 3.86. The van der Waals surface area contributed by atoms with E-state index in [0.717, 1.165) is 42.2 Å². The first kappa shape index (κ1) is 19.0. The highest BCUT2D eigenvalue weighted by Crippen LogP contribution is 2.36. The van der Waals surface area contributed by atoms with Crippen molar-refractivity contribution in [3.8, 4) is 22.9 Å². The topological polar surface area (TPSA) is 66.5 Å². The van der Waals surface area contributed by atoms with E-state index in [2.05, 4.69) is 50.6 Å². The maximum absolute atomic E-state index is 6.06. The summed E-state index contributed by atoms with van der Waals surface area (Å²) >= 11 is 6.06. The second kappa shape index (κ2) is 8.38. The molecule has 0 saturated carbocycles. The Balaban J connectivity index is 1.46. The lowest BCUT2D eigenvalue weighted by Gasteiger charge is -2.30. The van der Waals surface area contributed by atoms with Crippen molar-refractivity contribution in [3.05, 3.63) is 89.3 Å². The minimum atomic E-state index is 0.317. The molecule has 5 rings (SSSR count). The Hall–Kier alpha value is -3.02. The molecular weight excluding hydrogens is 394 g/mol. The average molecular weight is 416 g/mol. The largest absolute Gasteiger partial charge is 0.341 e. The van der Waals surface area contributed by atoms with Gasteiger partial charge in [-0.05, 0) is 48.7 Å². The number of nitrogens with one attached hydrogen (secondary N) is 2. The van der Waals surface area contributed by atoms with Gasteiger partial charge in [0.25, 0.3) is 0 Å². The van der Waals surface area contributed by atoms with E-state index in [4.69, 9.17) is 16.6 Å². The van der Waals surface area contributed by atoms with Gasteiger partial charge in [-0.3, -0.25) is 0 Å². The van der Waals surface area contributed by atoms with Gasteiger partial charge in [0.1, 0.15) is 11.5 Å². The van der Waals surface area contributed by atoms with Gasteiger partial charge in [-0.25, -0.2) is 15.0 Å². The lowest BCUT2D eigenvalue weighted by atomic mass is 9.88. The molecule has 2 aromatic carbocycles. The molecule has 2 atom stereocenters. The molecule has 1 fully saturated rings. The Labute approximate surface area is 180 Å². The Kier molecular flexibility index (Phi) is 5.30. The highest BCUT2D eigenvalue weighted by atomic mass is 35.5. The molecule has 0 unspecified atom stereocenters. The Bertz CT molecular complexity index is 1100.